The fourth-order valence-corrected chi connectivity index (χ4v) is 3.23. The lowest BCUT2D eigenvalue weighted by Gasteiger charge is -2.34. The van der Waals surface area contributed by atoms with Gasteiger partial charge in [0, 0.05) is 0 Å². The summed E-state index contributed by atoms with van der Waals surface area (Å²) in [7, 11) is 0. The third-order valence-electron chi connectivity index (χ3n) is 4.18. The van der Waals surface area contributed by atoms with Crippen molar-refractivity contribution in [2.24, 2.45) is 17.6 Å². The smallest absolute Gasteiger partial charge is 0.00296 e. The molecule has 2 N–H and O–H groups in total. The van der Waals surface area contributed by atoms with Crippen LogP contribution in [0, 0.1) is 11.8 Å². The predicted octanol–water partition coefficient (Wildman–Crippen LogP) is 3.46. The third kappa shape index (κ3) is 1.64. The lowest BCUT2D eigenvalue weighted by molar-refractivity contribution is 0.393. The minimum absolute atomic E-state index is 0.795. The van der Waals surface area contributed by atoms with Crippen LogP contribution in [0.1, 0.15) is 32.1 Å². The van der Waals surface area contributed by atoms with E-state index in [-0.39, 0.29) is 0 Å². The molecule has 2 unspecified atom stereocenters. The molecule has 3 aliphatic rings. The van der Waals surface area contributed by atoms with Gasteiger partial charge in [-0.25, -0.2) is 0 Å². The molecule has 3 rings (SSSR count). The molecular formula is C15H19N. The highest BCUT2D eigenvalue weighted by molar-refractivity contribution is 5.43. The van der Waals surface area contributed by atoms with Crippen LogP contribution >= 0.6 is 0 Å². The molecular weight excluding hydrogens is 194 g/mol. The number of hydrogen-bond donors (Lipinski definition) is 1. The first-order valence-electron chi connectivity index (χ1n) is 6.37. The number of rotatable bonds is 0. The second kappa shape index (κ2) is 3.97. The van der Waals surface area contributed by atoms with Gasteiger partial charge in [0.2, 0.25) is 0 Å². The summed E-state index contributed by atoms with van der Waals surface area (Å²) in [6, 6.07) is 0. The number of fused-ring (bicyclic) bond motifs is 2. The first-order valence-corrected chi connectivity index (χ1v) is 6.37. The Kier molecular flexibility index (Phi) is 2.47. The van der Waals surface area contributed by atoms with Crippen molar-refractivity contribution in [1.82, 2.24) is 0 Å². The van der Waals surface area contributed by atoms with Crippen LogP contribution in [0.3, 0.4) is 0 Å². The Morgan fingerprint density at radius 3 is 2.88 bits per heavy atom. The van der Waals surface area contributed by atoms with Gasteiger partial charge in [-0.05, 0) is 66.9 Å². The maximum atomic E-state index is 5.62. The molecule has 1 heteroatoms. The van der Waals surface area contributed by atoms with E-state index >= 15 is 0 Å². The Balaban J connectivity index is 1.97. The van der Waals surface area contributed by atoms with Crippen molar-refractivity contribution in [1.29, 1.82) is 0 Å². The van der Waals surface area contributed by atoms with Crippen molar-refractivity contribution in [2.75, 3.05) is 0 Å². The molecule has 2 atom stereocenters. The van der Waals surface area contributed by atoms with Crippen molar-refractivity contribution in [2.45, 2.75) is 32.1 Å². The fourth-order valence-electron chi connectivity index (χ4n) is 3.23. The van der Waals surface area contributed by atoms with E-state index in [9.17, 15) is 0 Å². The van der Waals surface area contributed by atoms with Crippen molar-refractivity contribution in [3.05, 3.63) is 47.2 Å². The molecule has 0 aromatic heterocycles. The summed E-state index contributed by atoms with van der Waals surface area (Å²) < 4.78 is 0. The summed E-state index contributed by atoms with van der Waals surface area (Å²) in [5, 5.41) is 0. The molecule has 0 saturated carbocycles. The topological polar surface area (TPSA) is 26.0 Å². The van der Waals surface area contributed by atoms with Crippen LogP contribution in [0.25, 0.3) is 0 Å². The lowest BCUT2D eigenvalue weighted by atomic mass is 9.70. The summed E-state index contributed by atoms with van der Waals surface area (Å²) >= 11 is 0. The average molecular weight is 213 g/mol. The zero-order valence-corrected chi connectivity index (χ0v) is 9.65. The molecule has 0 aliphatic heterocycles. The molecule has 0 fully saturated rings. The highest BCUT2D eigenvalue weighted by atomic mass is 14.5. The summed E-state index contributed by atoms with van der Waals surface area (Å²) in [6.07, 6.45) is 17.6. The van der Waals surface area contributed by atoms with Gasteiger partial charge < -0.3 is 5.73 Å². The second-order valence-corrected chi connectivity index (χ2v) is 5.18. The highest BCUT2D eigenvalue weighted by Crippen LogP contribution is 2.42. The van der Waals surface area contributed by atoms with Crippen molar-refractivity contribution >= 4 is 0 Å². The van der Waals surface area contributed by atoms with Gasteiger partial charge >= 0.3 is 0 Å². The van der Waals surface area contributed by atoms with Gasteiger partial charge in [-0.15, -0.1) is 0 Å². The predicted molar refractivity (Wildman–Crippen MR) is 67.6 cm³/mol. The molecule has 0 aromatic rings. The Morgan fingerprint density at radius 1 is 1.12 bits per heavy atom. The van der Waals surface area contributed by atoms with Gasteiger partial charge in [-0.1, -0.05) is 24.3 Å². The SMILES string of the molecule is N/C=C1/C=C2C=C3C=CCCC3CC2CC1. The molecule has 84 valence electrons. The third-order valence-corrected chi connectivity index (χ3v) is 4.18. The molecule has 0 saturated heterocycles. The van der Waals surface area contributed by atoms with Crippen LogP contribution in [-0.4, -0.2) is 0 Å². The van der Waals surface area contributed by atoms with Crippen molar-refractivity contribution in [3.63, 3.8) is 0 Å². The normalized spacial score (nSPS) is 35.1. The zero-order chi connectivity index (χ0) is 11.0. The van der Waals surface area contributed by atoms with E-state index in [0.717, 1.165) is 18.3 Å². The summed E-state index contributed by atoms with van der Waals surface area (Å²) in [6.45, 7) is 0. The van der Waals surface area contributed by atoms with E-state index in [4.69, 9.17) is 5.73 Å². The van der Waals surface area contributed by atoms with Gasteiger partial charge in [-0.3, -0.25) is 0 Å². The quantitative estimate of drug-likeness (QED) is 0.655. The number of nitrogens with two attached hydrogens (primary N) is 1. The van der Waals surface area contributed by atoms with Crippen LogP contribution in [0.2, 0.25) is 0 Å². The van der Waals surface area contributed by atoms with Crippen LogP contribution in [-0.2, 0) is 0 Å². The van der Waals surface area contributed by atoms with E-state index in [0.29, 0.717) is 0 Å². The van der Waals surface area contributed by atoms with Gasteiger partial charge in [0.25, 0.3) is 0 Å². The molecule has 1 nitrogen and oxygen atoms in total. The van der Waals surface area contributed by atoms with Crippen LogP contribution in [0.5, 0.6) is 0 Å². The van der Waals surface area contributed by atoms with Gasteiger partial charge in [0.05, 0.1) is 0 Å². The molecule has 0 spiro atoms. The molecule has 16 heavy (non-hydrogen) atoms. The van der Waals surface area contributed by atoms with E-state index in [1.165, 1.54) is 36.8 Å². The lowest BCUT2D eigenvalue weighted by Crippen LogP contribution is -2.21. The number of allylic oxidation sites excluding steroid dienone is 7. The monoisotopic (exact) mass is 213 g/mol. The van der Waals surface area contributed by atoms with E-state index in [1.54, 1.807) is 11.8 Å². The maximum Gasteiger partial charge on any atom is -0.00296 e. The fraction of sp³-hybridized carbons (Fsp3) is 0.467. The maximum absolute atomic E-state index is 5.62. The minimum atomic E-state index is 0.795. The Morgan fingerprint density at radius 2 is 2.00 bits per heavy atom. The first kappa shape index (κ1) is 9.95. The van der Waals surface area contributed by atoms with E-state index < -0.39 is 0 Å². The minimum Gasteiger partial charge on any atom is -0.404 e. The average Bonchev–Trinajstić information content (AvgIpc) is 2.35. The molecule has 0 amide bonds. The van der Waals surface area contributed by atoms with Crippen molar-refractivity contribution in [3.8, 4) is 0 Å². The Labute approximate surface area is 97.4 Å². The summed E-state index contributed by atoms with van der Waals surface area (Å²) in [5.74, 6) is 1.62. The highest BCUT2D eigenvalue weighted by Gasteiger charge is 2.28. The van der Waals surface area contributed by atoms with E-state index in [1.807, 2.05) is 0 Å². The Hall–Kier alpha value is -1.24. The largest absolute Gasteiger partial charge is 0.404 e. The second-order valence-electron chi connectivity index (χ2n) is 5.18. The molecule has 3 aliphatic carbocycles. The standard InChI is InChI=1S/C15H19N/c16-10-11-5-6-14-8-12-3-1-2-4-13(12)9-15(14)7-11/h2,4,7,9-10,12,14H,1,3,5-6,8,16H2/b11-10+. The van der Waals surface area contributed by atoms with Gasteiger partial charge in [-0.2, -0.15) is 0 Å². The Bertz CT molecular complexity index is 409. The van der Waals surface area contributed by atoms with Gasteiger partial charge in [0.15, 0.2) is 0 Å². The van der Waals surface area contributed by atoms with Crippen LogP contribution < -0.4 is 5.73 Å². The summed E-state index contributed by atoms with van der Waals surface area (Å²) in [5.41, 5.74) is 9.99. The van der Waals surface area contributed by atoms with Crippen LogP contribution in [0.15, 0.2) is 47.2 Å². The zero-order valence-electron chi connectivity index (χ0n) is 9.65. The van der Waals surface area contributed by atoms with Crippen molar-refractivity contribution < 1.29 is 0 Å². The molecule has 0 bridgehead atoms. The molecule has 0 aromatic carbocycles. The van der Waals surface area contributed by atoms with Gasteiger partial charge in [0.1, 0.15) is 0 Å². The molecule has 0 heterocycles. The number of hydrogen-bond acceptors (Lipinski definition) is 1. The van der Waals surface area contributed by atoms with E-state index in [2.05, 4.69) is 24.3 Å². The summed E-state index contributed by atoms with van der Waals surface area (Å²) in [4.78, 5) is 0. The van der Waals surface area contributed by atoms with Crippen LogP contribution in [0.4, 0.5) is 0 Å². The molecule has 0 radical (unpaired) electrons. The first-order chi connectivity index (χ1) is 7.86.